The van der Waals surface area contributed by atoms with Crippen LogP contribution in [0.1, 0.15) is 18.5 Å². The zero-order valence-electron chi connectivity index (χ0n) is 10.8. The van der Waals surface area contributed by atoms with Crippen molar-refractivity contribution in [1.29, 1.82) is 0 Å². The van der Waals surface area contributed by atoms with Crippen LogP contribution in [0.5, 0.6) is 5.75 Å². The number of aromatic nitrogens is 2. The molecule has 0 radical (unpaired) electrons. The Balaban J connectivity index is 1.89. The van der Waals surface area contributed by atoms with Crippen molar-refractivity contribution in [2.24, 2.45) is 0 Å². The van der Waals surface area contributed by atoms with E-state index in [-0.39, 0.29) is 6.04 Å². The molecule has 2 rings (SSSR count). The third-order valence-corrected chi connectivity index (χ3v) is 2.96. The van der Waals surface area contributed by atoms with E-state index in [1.807, 2.05) is 35.1 Å². The number of rotatable bonds is 6. The molecule has 4 nitrogen and oxygen atoms in total. The first-order valence-corrected chi connectivity index (χ1v) is 6.15. The lowest BCUT2D eigenvalue weighted by Gasteiger charge is -2.17. The minimum absolute atomic E-state index is 0.261. The molecule has 1 heterocycles. The highest BCUT2D eigenvalue weighted by Crippen LogP contribution is 2.23. The van der Waals surface area contributed by atoms with Gasteiger partial charge in [-0.05, 0) is 19.1 Å². The fraction of sp³-hybridized carbons (Fsp3) is 0.357. The van der Waals surface area contributed by atoms with Crippen molar-refractivity contribution in [3.8, 4) is 5.75 Å². The van der Waals surface area contributed by atoms with Crippen LogP contribution in [-0.4, -0.2) is 23.4 Å². The molecule has 0 spiro atoms. The van der Waals surface area contributed by atoms with Gasteiger partial charge in [-0.2, -0.15) is 5.10 Å². The summed E-state index contributed by atoms with van der Waals surface area (Å²) in [4.78, 5) is 0. The van der Waals surface area contributed by atoms with E-state index in [1.54, 1.807) is 13.3 Å². The molecule has 1 aromatic heterocycles. The molecule has 0 amide bonds. The van der Waals surface area contributed by atoms with Crippen LogP contribution in [0.2, 0.25) is 0 Å². The quantitative estimate of drug-likeness (QED) is 0.848. The summed E-state index contributed by atoms with van der Waals surface area (Å²) < 4.78 is 7.28. The molecule has 2 aromatic rings. The number of nitrogens with zero attached hydrogens (tertiary/aromatic N) is 2. The third kappa shape index (κ3) is 3.11. The smallest absolute Gasteiger partial charge is 0.123 e. The van der Waals surface area contributed by atoms with Crippen molar-refractivity contribution < 1.29 is 4.74 Å². The first-order chi connectivity index (χ1) is 8.81. The van der Waals surface area contributed by atoms with E-state index in [0.717, 1.165) is 18.8 Å². The Morgan fingerprint density at radius 3 is 2.89 bits per heavy atom. The van der Waals surface area contributed by atoms with Gasteiger partial charge in [-0.25, -0.2) is 0 Å². The molecule has 96 valence electrons. The minimum Gasteiger partial charge on any atom is -0.496 e. The average molecular weight is 245 g/mol. The van der Waals surface area contributed by atoms with Gasteiger partial charge >= 0.3 is 0 Å². The maximum atomic E-state index is 5.36. The fourth-order valence-corrected chi connectivity index (χ4v) is 1.96. The summed E-state index contributed by atoms with van der Waals surface area (Å²) in [6.07, 6.45) is 3.76. The van der Waals surface area contributed by atoms with Crippen LogP contribution in [0.3, 0.4) is 0 Å². The van der Waals surface area contributed by atoms with Crippen molar-refractivity contribution in [2.75, 3.05) is 13.7 Å². The summed E-state index contributed by atoms with van der Waals surface area (Å²) in [6.45, 7) is 3.88. The summed E-state index contributed by atoms with van der Waals surface area (Å²) >= 11 is 0. The van der Waals surface area contributed by atoms with Crippen LogP contribution in [0.15, 0.2) is 42.7 Å². The molecule has 18 heavy (non-hydrogen) atoms. The van der Waals surface area contributed by atoms with Crippen LogP contribution in [0.4, 0.5) is 0 Å². The van der Waals surface area contributed by atoms with Crippen molar-refractivity contribution >= 4 is 0 Å². The normalized spacial score (nSPS) is 12.3. The molecule has 0 aliphatic heterocycles. The zero-order valence-corrected chi connectivity index (χ0v) is 10.8. The van der Waals surface area contributed by atoms with Crippen molar-refractivity contribution in [3.05, 3.63) is 48.3 Å². The average Bonchev–Trinajstić information content (AvgIpc) is 2.91. The summed E-state index contributed by atoms with van der Waals surface area (Å²) in [5, 5.41) is 7.64. The molecule has 0 saturated carbocycles. The van der Waals surface area contributed by atoms with Crippen molar-refractivity contribution in [3.63, 3.8) is 0 Å². The molecule has 0 aliphatic carbocycles. The van der Waals surface area contributed by atoms with E-state index in [0.29, 0.717) is 0 Å². The fourth-order valence-electron chi connectivity index (χ4n) is 1.96. The monoisotopic (exact) mass is 245 g/mol. The van der Waals surface area contributed by atoms with E-state index in [1.165, 1.54) is 5.56 Å². The highest BCUT2D eigenvalue weighted by atomic mass is 16.5. The number of para-hydroxylation sites is 1. The molecule has 1 aromatic carbocycles. The molecule has 1 N–H and O–H groups in total. The summed E-state index contributed by atoms with van der Waals surface area (Å²) in [6, 6.07) is 10.3. The van der Waals surface area contributed by atoms with Gasteiger partial charge in [0.2, 0.25) is 0 Å². The molecular weight excluding hydrogens is 226 g/mol. The first kappa shape index (κ1) is 12.6. The number of ether oxygens (including phenoxy) is 1. The Morgan fingerprint density at radius 2 is 2.17 bits per heavy atom. The molecule has 0 aliphatic rings. The molecule has 0 fully saturated rings. The minimum atomic E-state index is 0.261. The molecule has 0 saturated heterocycles. The van der Waals surface area contributed by atoms with Gasteiger partial charge in [0, 0.05) is 30.5 Å². The van der Waals surface area contributed by atoms with Crippen LogP contribution in [-0.2, 0) is 6.54 Å². The van der Waals surface area contributed by atoms with E-state index in [2.05, 4.69) is 23.4 Å². The van der Waals surface area contributed by atoms with Crippen LogP contribution < -0.4 is 10.1 Å². The van der Waals surface area contributed by atoms with Gasteiger partial charge in [-0.3, -0.25) is 4.68 Å². The van der Waals surface area contributed by atoms with Gasteiger partial charge in [-0.1, -0.05) is 18.2 Å². The lowest BCUT2D eigenvalue weighted by Crippen LogP contribution is -2.23. The topological polar surface area (TPSA) is 39.1 Å². The van der Waals surface area contributed by atoms with Gasteiger partial charge < -0.3 is 10.1 Å². The highest BCUT2D eigenvalue weighted by Gasteiger charge is 2.09. The van der Waals surface area contributed by atoms with Gasteiger partial charge in [0.15, 0.2) is 0 Å². The Hall–Kier alpha value is -1.81. The molecule has 4 heteroatoms. The number of hydrogen-bond donors (Lipinski definition) is 1. The Kier molecular flexibility index (Phi) is 4.36. The van der Waals surface area contributed by atoms with Gasteiger partial charge in [-0.15, -0.1) is 0 Å². The second-order valence-corrected chi connectivity index (χ2v) is 4.19. The van der Waals surface area contributed by atoms with Gasteiger partial charge in [0.25, 0.3) is 0 Å². The van der Waals surface area contributed by atoms with Gasteiger partial charge in [0.05, 0.1) is 13.7 Å². The lowest BCUT2D eigenvalue weighted by molar-refractivity contribution is 0.400. The Morgan fingerprint density at radius 1 is 1.33 bits per heavy atom. The Bertz CT molecular complexity index is 468. The van der Waals surface area contributed by atoms with Gasteiger partial charge in [0.1, 0.15) is 5.75 Å². The molecule has 0 unspecified atom stereocenters. The van der Waals surface area contributed by atoms with Crippen molar-refractivity contribution in [1.82, 2.24) is 15.1 Å². The summed E-state index contributed by atoms with van der Waals surface area (Å²) in [7, 11) is 1.70. The summed E-state index contributed by atoms with van der Waals surface area (Å²) in [5.74, 6) is 0.927. The standard InChI is InChI=1S/C14H19N3O/c1-12(13-6-3-4-7-14(13)18-2)15-9-11-17-10-5-8-16-17/h3-8,10,12,15H,9,11H2,1-2H3/t12-/m0/s1. The second kappa shape index (κ2) is 6.21. The van der Waals surface area contributed by atoms with E-state index < -0.39 is 0 Å². The third-order valence-electron chi connectivity index (χ3n) is 2.96. The lowest BCUT2D eigenvalue weighted by atomic mass is 10.1. The van der Waals surface area contributed by atoms with Crippen LogP contribution >= 0.6 is 0 Å². The molecule has 1 atom stereocenters. The largest absolute Gasteiger partial charge is 0.496 e. The van der Waals surface area contributed by atoms with Crippen LogP contribution in [0.25, 0.3) is 0 Å². The molecule has 0 bridgehead atoms. The SMILES string of the molecule is COc1ccccc1[C@H](C)NCCn1cccn1. The summed E-state index contributed by atoms with van der Waals surface area (Å²) in [5.41, 5.74) is 1.18. The zero-order chi connectivity index (χ0) is 12.8. The maximum absolute atomic E-state index is 5.36. The number of methoxy groups -OCH3 is 1. The predicted octanol–water partition coefficient (Wildman–Crippen LogP) is 2.24. The first-order valence-electron chi connectivity index (χ1n) is 6.15. The van der Waals surface area contributed by atoms with Crippen LogP contribution in [0, 0.1) is 0 Å². The number of nitrogens with one attached hydrogen (secondary N) is 1. The van der Waals surface area contributed by atoms with E-state index in [4.69, 9.17) is 4.74 Å². The highest BCUT2D eigenvalue weighted by molar-refractivity contribution is 5.35. The van der Waals surface area contributed by atoms with Crippen molar-refractivity contribution in [2.45, 2.75) is 19.5 Å². The second-order valence-electron chi connectivity index (χ2n) is 4.19. The molecular formula is C14H19N3O. The Labute approximate surface area is 108 Å². The number of hydrogen-bond acceptors (Lipinski definition) is 3. The van der Waals surface area contributed by atoms with E-state index >= 15 is 0 Å². The maximum Gasteiger partial charge on any atom is 0.123 e. The van der Waals surface area contributed by atoms with E-state index in [9.17, 15) is 0 Å². The number of benzene rings is 1. The predicted molar refractivity (Wildman–Crippen MR) is 71.6 cm³/mol.